The zero-order valence-corrected chi connectivity index (χ0v) is 15.9. The number of nitrogens with zero attached hydrogens (tertiary/aromatic N) is 1. The van der Waals surface area contributed by atoms with Crippen molar-refractivity contribution in [2.75, 3.05) is 17.3 Å². The molecule has 0 bridgehead atoms. The predicted octanol–water partition coefficient (Wildman–Crippen LogP) is 4.99. The van der Waals surface area contributed by atoms with Crippen LogP contribution in [0.3, 0.4) is 0 Å². The van der Waals surface area contributed by atoms with Crippen molar-refractivity contribution in [3.8, 4) is 0 Å². The van der Waals surface area contributed by atoms with E-state index in [9.17, 15) is 4.79 Å². The average Bonchev–Trinajstić information content (AvgIpc) is 3.12. The molecule has 0 spiro atoms. The van der Waals surface area contributed by atoms with Crippen LogP contribution in [0.4, 0.5) is 11.4 Å². The van der Waals surface area contributed by atoms with Gasteiger partial charge in [-0.3, -0.25) is 4.79 Å². The van der Waals surface area contributed by atoms with Crippen LogP contribution in [0, 0.1) is 0 Å². The van der Waals surface area contributed by atoms with E-state index >= 15 is 0 Å². The number of hydrogen-bond donors (Lipinski definition) is 2. The third-order valence-electron chi connectivity index (χ3n) is 4.88. The van der Waals surface area contributed by atoms with Crippen molar-refractivity contribution < 1.29 is 4.79 Å². The molecule has 2 N–H and O–H groups in total. The van der Waals surface area contributed by atoms with E-state index in [1.807, 2.05) is 60.8 Å². The summed E-state index contributed by atoms with van der Waals surface area (Å²) in [5.41, 5.74) is 5.24. The Bertz CT molecular complexity index is 1070. The number of rotatable bonds is 6. The molecule has 0 fully saturated rings. The summed E-state index contributed by atoms with van der Waals surface area (Å²) in [5.74, 6) is -0.0184. The van der Waals surface area contributed by atoms with Crippen LogP contribution in [-0.2, 0) is 17.8 Å². The fraction of sp³-hybridized carbons (Fsp3) is 0.125. The largest absolute Gasteiger partial charge is 0.370 e. The second-order valence-electron chi connectivity index (χ2n) is 6.97. The van der Waals surface area contributed by atoms with Crippen LogP contribution in [0.1, 0.15) is 11.1 Å². The Morgan fingerprint density at radius 2 is 1.64 bits per heavy atom. The van der Waals surface area contributed by atoms with E-state index in [2.05, 4.69) is 46.5 Å². The van der Waals surface area contributed by atoms with Gasteiger partial charge in [0, 0.05) is 42.1 Å². The van der Waals surface area contributed by atoms with Gasteiger partial charge in [0.1, 0.15) is 0 Å². The highest BCUT2D eigenvalue weighted by molar-refractivity contribution is 5.95. The SMILES string of the molecule is CN(Cc1ccccc1)c1ccc(NC(=O)Cc2c[nH]c3ccccc23)cc1. The lowest BCUT2D eigenvalue weighted by atomic mass is 10.1. The van der Waals surface area contributed by atoms with E-state index in [1.165, 1.54) is 5.56 Å². The van der Waals surface area contributed by atoms with E-state index in [4.69, 9.17) is 0 Å². The van der Waals surface area contributed by atoms with Crippen molar-refractivity contribution in [3.63, 3.8) is 0 Å². The number of nitrogens with one attached hydrogen (secondary N) is 2. The van der Waals surface area contributed by atoms with Gasteiger partial charge in [0.15, 0.2) is 0 Å². The number of amides is 1. The number of aromatic nitrogens is 1. The smallest absolute Gasteiger partial charge is 0.228 e. The Morgan fingerprint density at radius 3 is 2.43 bits per heavy atom. The highest BCUT2D eigenvalue weighted by atomic mass is 16.1. The lowest BCUT2D eigenvalue weighted by Gasteiger charge is -2.19. The molecule has 0 atom stereocenters. The summed E-state index contributed by atoms with van der Waals surface area (Å²) >= 11 is 0. The fourth-order valence-corrected chi connectivity index (χ4v) is 3.40. The van der Waals surface area contributed by atoms with E-state index < -0.39 is 0 Å². The lowest BCUT2D eigenvalue weighted by Crippen LogP contribution is -2.17. The first-order valence-corrected chi connectivity index (χ1v) is 9.39. The van der Waals surface area contributed by atoms with Gasteiger partial charge in [0.05, 0.1) is 6.42 Å². The molecule has 4 heteroatoms. The maximum atomic E-state index is 12.4. The first-order chi connectivity index (χ1) is 13.7. The van der Waals surface area contributed by atoms with Crippen LogP contribution in [0.15, 0.2) is 85.1 Å². The monoisotopic (exact) mass is 369 g/mol. The molecule has 0 radical (unpaired) electrons. The molecule has 4 nitrogen and oxygen atoms in total. The summed E-state index contributed by atoms with van der Waals surface area (Å²) in [6, 6.07) is 26.4. The summed E-state index contributed by atoms with van der Waals surface area (Å²) in [7, 11) is 2.07. The quantitative estimate of drug-likeness (QED) is 0.503. The Hall–Kier alpha value is -3.53. The molecule has 1 aromatic heterocycles. The van der Waals surface area contributed by atoms with Crippen molar-refractivity contribution in [3.05, 3.63) is 96.2 Å². The van der Waals surface area contributed by atoms with Gasteiger partial charge in [0.25, 0.3) is 0 Å². The van der Waals surface area contributed by atoms with Gasteiger partial charge in [-0.15, -0.1) is 0 Å². The summed E-state index contributed by atoms with van der Waals surface area (Å²) in [6.45, 7) is 0.840. The second kappa shape index (κ2) is 8.01. The molecule has 0 aliphatic rings. The summed E-state index contributed by atoms with van der Waals surface area (Å²) < 4.78 is 0. The van der Waals surface area contributed by atoms with Crippen molar-refractivity contribution in [1.82, 2.24) is 4.98 Å². The minimum absolute atomic E-state index is 0.0184. The van der Waals surface area contributed by atoms with Crippen molar-refractivity contribution in [1.29, 1.82) is 0 Å². The number of carbonyl (C=O) groups excluding carboxylic acids is 1. The number of H-pyrrole nitrogens is 1. The zero-order valence-electron chi connectivity index (χ0n) is 15.9. The van der Waals surface area contributed by atoms with Gasteiger partial charge >= 0.3 is 0 Å². The average molecular weight is 369 g/mol. The van der Waals surface area contributed by atoms with Crippen LogP contribution in [0.25, 0.3) is 10.9 Å². The number of para-hydroxylation sites is 1. The molecule has 0 aliphatic carbocycles. The number of hydrogen-bond acceptors (Lipinski definition) is 2. The summed E-state index contributed by atoms with van der Waals surface area (Å²) in [4.78, 5) is 17.8. The topological polar surface area (TPSA) is 48.1 Å². The van der Waals surface area contributed by atoms with Gasteiger partial charge in [-0.05, 0) is 41.5 Å². The number of anilines is 2. The van der Waals surface area contributed by atoms with Crippen LogP contribution in [0.5, 0.6) is 0 Å². The molecule has 0 unspecified atom stereocenters. The summed E-state index contributed by atoms with van der Waals surface area (Å²) in [5, 5.41) is 4.08. The Labute approximate surface area is 164 Å². The second-order valence-corrected chi connectivity index (χ2v) is 6.97. The molecule has 3 aromatic carbocycles. The van der Waals surface area contributed by atoms with Gasteiger partial charge < -0.3 is 15.2 Å². The van der Waals surface area contributed by atoms with Crippen LogP contribution in [-0.4, -0.2) is 17.9 Å². The van der Waals surface area contributed by atoms with Crippen LogP contribution < -0.4 is 10.2 Å². The molecule has 28 heavy (non-hydrogen) atoms. The number of aromatic amines is 1. The molecule has 1 heterocycles. The van der Waals surface area contributed by atoms with Gasteiger partial charge in [0.2, 0.25) is 5.91 Å². The third kappa shape index (κ3) is 4.07. The Morgan fingerprint density at radius 1 is 0.929 bits per heavy atom. The van der Waals surface area contributed by atoms with Gasteiger partial charge in [-0.2, -0.15) is 0 Å². The molecule has 140 valence electrons. The zero-order chi connectivity index (χ0) is 19.3. The normalized spacial score (nSPS) is 10.8. The number of carbonyl (C=O) groups is 1. The lowest BCUT2D eigenvalue weighted by molar-refractivity contribution is -0.115. The first kappa shape index (κ1) is 17.9. The summed E-state index contributed by atoms with van der Waals surface area (Å²) in [6.07, 6.45) is 2.26. The highest BCUT2D eigenvalue weighted by Gasteiger charge is 2.09. The molecule has 0 saturated heterocycles. The molecular formula is C24H23N3O. The van der Waals surface area contributed by atoms with Gasteiger partial charge in [-0.25, -0.2) is 0 Å². The predicted molar refractivity (Wildman–Crippen MR) is 116 cm³/mol. The van der Waals surface area contributed by atoms with Crippen LogP contribution in [0.2, 0.25) is 0 Å². The minimum Gasteiger partial charge on any atom is -0.370 e. The Kier molecular flexibility index (Phi) is 5.11. The van der Waals surface area contributed by atoms with Crippen molar-refractivity contribution in [2.45, 2.75) is 13.0 Å². The van der Waals surface area contributed by atoms with E-state index in [0.717, 1.165) is 34.4 Å². The van der Waals surface area contributed by atoms with Gasteiger partial charge in [-0.1, -0.05) is 48.5 Å². The molecule has 0 saturated carbocycles. The standard InChI is InChI=1S/C24H23N3O/c1-27(17-18-7-3-2-4-8-18)21-13-11-20(12-14-21)26-24(28)15-19-16-25-23-10-6-5-9-22(19)23/h2-14,16,25H,15,17H2,1H3,(H,26,28). The maximum absolute atomic E-state index is 12.4. The van der Waals surface area contributed by atoms with Crippen LogP contribution >= 0.6 is 0 Å². The molecule has 0 aliphatic heterocycles. The van der Waals surface area contributed by atoms with E-state index in [0.29, 0.717) is 6.42 Å². The molecule has 1 amide bonds. The third-order valence-corrected chi connectivity index (χ3v) is 4.88. The highest BCUT2D eigenvalue weighted by Crippen LogP contribution is 2.21. The fourth-order valence-electron chi connectivity index (χ4n) is 3.40. The Balaban J connectivity index is 1.38. The van der Waals surface area contributed by atoms with Crippen molar-refractivity contribution >= 4 is 28.2 Å². The number of benzene rings is 3. The maximum Gasteiger partial charge on any atom is 0.228 e. The van der Waals surface area contributed by atoms with E-state index in [1.54, 1.807) is 0 Å². The molecular weight excluding hydrogens is 346 g/mol. The molecule has 4 aromatic rings. The first-order valence-electron chi connectivity index (χ1n) is 9.39. The van der Waals surface area contributed by atoms with E-state index in [-0.39, 0.29) is 5.91 Å². The number of fused-ring (bicyclic) bond motifs is 1. The molecule has 4 rings (SSSR count). The minimum atomic E-state index is -0.0184. The van der Waals surface area contributed by atoms with Crippen molar-refractivity contribution in [2.24, 2.45) is 0 Å².